The van der Waals surface area contributed by atoms with E-state index in [9.17, 15) is 4.79 Å². The number of nitrogens with one attached hydrogen (secondary N) is 2. The molecule has 0 spiro atoms. The number of nitrogens with zero attached hydrogens (tertiary/aromatic N) is 2. The number of ether oxygens (including phenoxy) is 1. The molecule has 2 aromatic rings. The number of aromatic amines is 1. The van der Waals surface area contributed by atoms with Gasteiger partial charge >= 0.3 is 6.03 Å². The second kappa shape index (κ2) is 8.31. The van der Waals surface area contributed by atoms with Gasteiger partial charge in [0.05, 0.1) is 13.2 Å². The predicted molar refractivity (Wildman–Crippen MR) is 107 cm³/mol. The number of fused-ring (bicyclic) bond motifs is 1. The molecule has 2 amide bonds. The molecule has 27 heavy (non-hydrogen) atoms. The number of carbonyl (C=O) groups is 1. The van der Waals surface area contributed by atoms with Crippen molar-refractivity contribution in [2.75, 3.05) is 39.4 Å². The highest BCUT2D eigenvalue weighted by atomic mass is 16.5. The van der Waals surface area contributed by atoms with Gasteiger partial charge < -0.3 is 19.9 Å². The lowest BCUT2D eigenvalue weighted by Gasteiger charge is -2.39. The van der Waals surface area contributed by atoms with Gasteiger partial charge in [0.1, 0.15) is 0 Å². The zero-order valence-corrected chi connectivity index (χ0v) is 16.2. The lowest BCUT2D eigenvalue weighted by molar-refractivity contribution is 0.0221. The molecule has 3 heterocycles. The second-order valence-electron chi connectivity index (χ2n) is 7.79. The van der Waals surface area contributed by atoms with E-state index in [0.717, 1.165) is 69.0 Å². The van der Waals surface area contributed by atoms with Crippen LogP contribution in [0.25, 0.3) is 10.9 Å². The fourth-order valence-corrected chi connectivity index (χ4v) is 4.26. The summed E-state index contributed by atoms with van der Waals surface area (Å²) in [5.41, 5.74) is 3.44. The van der Waals surface area contributed by atoms with Crippen LogP contribution in [0.15, 0.2) is 24.3 Å². The summed E-state index contributed by atoms with van der Waals surface area (Å²) in [5.74, 6) is 0. The van der Waals surface area contributed by atoms with Gasteiger partial charge in [-0.2, -0.15) is 0 Å². The molecule has 6 nitrogen and oxygen atoms in total. The van der Waals surface area contributed by atoms with Gasteiger partial charge in [0.15, 0.2) is 0 Å². The number of aromatic nitrogens is 1. The second-order valence-corrected chi connectivity index (χ2v) is 7.79. The van der Waals surface area contributed by atoms with Crippen LogP contribution in [0, 0.1) is 6.92 Å². The number of benzene rings is 1. The van der Waals surface area contributed by atoms with Gasteiger partial charge in [-0.05, 0) is 55.3 Å². The fraction of sp³-hybridized carbons (Fsp3) is 0.571. The summed E-state index contributed by atoms with van der Waals surface area (Å²) < 4.78 is 5.45. The first-order valence-corrected chi connectivity index (χ1v) is 10.1. The largest absolute Gasteiger partial charge is 0.379 e. The Morgan fingerprint density at radius 3 is 2.93 bits per heavy atom. The highest BCUT2D eigenvalue weighted by Gasteiger charge is 2.28. The predicted octanol–water partition coefficient (Wildman–Crippen LogP) is 2.87. The van der Waals surface area contributed by atoms with Gasteiger partial charge in [-0.1, -0.05) is 6.07 Å². The average Bonchev–Trinajstić information content (AvgIpc) is 3.06. The van der Waals surface area contributed by atoms with E-state index < -0.39 is 0 Å². The Hall–Kier alpha value is -2.05. The van der Waals surface area contributed by atoms with Crippen LogP contribution in [-0.2, 0) is 11.3 Å². The first-order valence-electron chi connectivity index (χ1n) is 10.1. The first-order chi connectivity index (χ1) is 13.2. The third kappa shape index (κ3) is 4.45. The first kappa shape index (κ1) is 18.3. The van der Waals surface area contributed by atoms with Crippen molar-refractivity contribution < 1.29 is 9.53 Å². The van der Waals surface area contributed by atoms with Crippen molar-refractivity contribution in [3.8, 4) is 0 Å². The minimum absolute atomic E-state index is 0.0679. The van der Waals surface area contributed by atoms with E-state index in [-0.39, 0.29) is 6.03 Å². The van der Waals surface area contributed by atoms with Gasteiger partial charge in [0.2, 0.25) is 0 Å². The summed E-state index contributed by atoms with van der Waals surface area (Å²) in [6, 6.07) is 8.85. The normalized spacial score (nSPS) is 21.5. The number of hydrogen-bond donors (Lipinski definition) is 2. The van der Waals surface area contributed by atoms with Crippen molar-refractivity contribution in [1.82, 2.24) is 20.1 Å². The molecule has 2 fully saturated rings. The summed E-state index contributed by atoms with van der Waals surface area (Å²) >= 11 is 0. The van der Waals surface area contributed by atoms with Crippen LogP contribution in [0.4, 0.5) is 4.79 Å². The van der Waals surface area contributed by atoms with Gasteiger partial charge in [0, 0.05) is 50.0 Å². The number of amides is 2. The monoisotopic (exact) mass is 370 g/mol. The van der Waals surface area contributed by atoms with Crippen molar-refractivity contribution in [3.05, 3.63) is 35.5 Å². The highest BCUT2D eigenvalue weighted by Crippen LogP contribution is 2.20. The summed E-state index contributed by atoms with van der Waals surface area (Å²) in [6.45, 7) is 8.01. The molecule has 1 aromatic carbocycles. The molecule has 0 aliphatic carbocycles. The van der Waals surface area contributed by atoms with Gasteiger partial charge in [-0.25, -0.2) is 4.79 Å². The molecular formula is C21H30N4O2. The maximum absolute atomic E-state index is 12.9. The molecule has 0 saturated carbocycles. The smallest absolute Gasteiger partial charge is 0.317 e. The number of rotatable bonds is 4. The minimum Gasteiger partial charge on any atom is -0.379 e. The lowest BCUT2D eigenvalue weighted by Crippen LogP contribution is -2.53. The molecular weight excluding hydrogens is 340 g/mol. The zero-order valence-electron chi connectivity index (χ0n) is 16.2. The summed E-state index contributed by atoms with van der Waals surface area (Å²) in [4.78, 5) is 20.7. The average molecular weight is 370 g/mol. The maximum atomic E-state index is 12.9. The van der Waals surface area contributed by atoms with Crippen molar-refractivity contribution in [2.45, 2.75) is 38.8 Å². The van der Waals surface area contributed by atoms with Crippen molar-refractivity contribution in [2.24, 2.45) is 0 Å². The molecule has 0 unspecified atom stereocenters. The minimum atomic E-state index is 0.0679. The van der Waals surface area contributed by atoms with Crippen LogP contribution in [-0.4, -0.2) is 66.2 Å². The topological polar surface area (TPSA) is 60.6 Å². The van der Waals surface area contributed by atoms with E-state index in [4.69, 9.17) is 4.74 Å². The molecule has 1 atom stereocenters. The van der Waals surface area contributed by atoms with Crippen LogP contribution in [0.1, 0.15) is 30.5 Å². The zero-order chi connectivity index (χ0) is 18.6. The molecule has 2 N–H and O–H groups in total. The highest BCUT2D eigenvalue weighted by molar-refractivity contribution is 5.81. The summed E-state index contributed by atoms with van der Waals surface area (Å²) in [5, 5.41) is 4.34. The van der Waals surface area contributed by atoms with Crippen LogP contribution < -0.4 is 5.32 Å². The quantitative estimate of drug-likeness (QED) is 0.870. The van der Waals surface area contributed by atoms with Crippen LogP contribution in [0.2, 0.25) is 0 Å². The van der Waals surface area contributed by atoms with Gasteiger partial charge in [-0.15, -0.1) is 0 Å². The van der Waals surface area contributed by atoms with Crippen LogP contribution in [0.5, 0.6) is 0 Å². The summed E-state index contributed by atoms with van der Waals surface area (Å²) in [7, 11) is 0. The molecule has 2 aliphatic rings. The Bertz CT molecular complexity index is 782. The number of hydrogen-bond acceptors (Lipinski definition) is 3. The molecule has 0 bridgehead atoms. The Morgan fingerprint density at radius 2 is 2.07 bits per heavy atom. The van der Waals surface area contributed by atoms with E-state index in [1.165, 1.54) is 11.8 Å². The molecule has 2 aliphatic heterocycles. The van der Waals surface area contributed by atoms with Crippen LogP contribution >= 0.6 is 0 Å². The Kier molecular flexibility index (Phi) is 5.64. The molecule has 4 rings (SSSR count). The molecule has 6 heteroatoms. The number of piperidine rings is 1. The number of urea groups is 1. The van der Waals surface area contributed by atoms with E-state index in [0.29, 0.717) is 12.6 Å². The number of H-pyrrole nitrogens is 1. The van der Waals surface area contributed by atoms with E-state index in [2.05, 4.69) is 51.3 Å². The SMILES string of the molecule is Cc1cc2cc(CNC(=O)N3CCCC[C@@H]3CN3CCOCC3)ccc2[nH]1. The lowest BCUT2D eigenvalue weighted by atomic mass is 10.0. The standard InChI is InChI=1S/C21H30N4O2/c1-16-12-18-13-17(5-6-20(18)23-16)14-22-21(26)25-7-3-2-4-19(25)15-24-8-10-27-11-9-24/h5-6,12-13,19,23H,2-4,7-11,14-15H2,1H3,(H,22,26)/t19-/m1/s1. The van der Waals surface area contributed by atoms with E-state index >= 15 is 0 Å². The number of likely N-dealkylation sites (tertiary alicyclic amines) is 1. The van der Waals surface area contributed by atoms with E-state index in [1.807, 2.05) is 0 Å². The molecule has 2 saturated heterocycles. The number of aryl methyl sites for hydroxylation is 1. The third-order valence-corrected chi connectivity index (χ3v) is 5.72. The number of carbonyl (C=O) groups excluding carboxylic acids is 1. The Morgan fingerprint density at radius 1 is 1.22 bits per heavy atom. The van der Waals surface area contributed by atoms with Gasteiger partial charge in [0.25, 0.3) is 0 Å². The fourth-order valence-electron chi connectivity index (χ4n) is 4.26. The Labute approximate surface area is 160 Å². The van der Waals surface area contributed by atoms with E-state index in [1.54, 1.807) is 0 Å². The summed E-state index contributed by atoms with van der Waals surface area (Å²) in [6.07, 6.45) is 3.41. The van der Waals surface area contributed by atoms with Crippen molar-refractivity contribution in [1.29, 1.82) is 0 Å². The Balaban J connectivity index is 1.35. The number of morpholine rings is 1. The molecule has 0 radical (unpaired) electrons. The third-order valence-electron chi connectivity index (χ3n) is 5.72. The van der Waals surface area contributed by atoms with Gasteiger partial charge in [-0.3, -0.25) is 4.90 Å². The maximum Gasteiger partial charge on any atom is 0.317 e. The van der Waals surface area contributed by atoms with Crippen molar-refractivity contribution >= 4 is 16.9 Å². The van der Waals surface area contributed by atoms with Crippen molar-refractivity contribution in [3.63, 3.8) is 0 Å². The van der Waals surface area contributed by atoms with Crippen LogP contribution in [0.3, 0.4) is 0 Å². The molecule has 1 aromatic heterocycles. The molecule has 146 valence electrons.